The lowest BCUT2D eigenvalue weighted by molar-refractivity contribution is 0.143. The van der Waals surface area contributed by atoms with Gasteiger partial charge in [-0.1, -0.05) is 6.58 Å². The number of carbonyl (C=O) groups is 1. The van der Waals surface area contributed by atoms with Crippen molar-refractivity contribution in [1.29, 1.82) is 0 Å². The summed E-state index contributed by atoms with van der Waals surface area (Å²) in [4.78, 5) is 25.3. The smallest absolute Gasteiger partial charge is 0.487 e. The Bertz CT molecular complexity index is 1090. The van der Waals surface area contributed by atoms with Crippen LogP contribution in [0.2, 0.25) is 0 Å². The molecule has 2 aliphatic rings. The van der Waals surface area contributed by atoms with Gasteiger partial charge in [0.25, 0.3) is 0 Å². The summed E-state index contributed by atoms with van der Waals surface area (Å²) in [6.45, 7) is 8.58. The third-order valence-corrected chi connectivity index (χ3v) is 5.33. The first kappa shape index (κ1) is 18.3. The molecule has 28 heavy (non-hydrogen) atoms. The fraction of sp³-hybridized carbons (Fsp3) is 0.368. The highest BCUT2D eigenvalue weighted by atomic mass is 19.1. The summed E-state index contributed by atoms with van der Waals surface area (Å²) in [7, 11) is 0. The molecule has 2 atom stereocenters. The maximum absolute atomic E-state index is 15.1. The standard InChI is InChI=1S/C19H20FN3O5/c1-9-5-22(8-19(9,3)21)15-12(20)4-11-14-17(15)27-7-10(2)23(14)6-13(16(11)24)28-18(25)26/h4,6,10H,1,5,7-8,21H2,2-3H3,(H,25,26)/t10-,19?/m0/s1. The van der Waals surface area contributed by atoms with E-state index in [1.54, 1.807) is 9.47 Å². The molecular formula is C19H20FN3O5. The maximum atomic E-state index is 15.1. The van der Waals surface area contributed by atoms with Crippen molar-refractivity contribution in [2.45, 2.75) is 25.4 Å². The van der Waals surface area contributed by atoms with Crippen LogP contribution in [0.1, 0.15) is 19.9 Å². The second-order valence-corrected chi connectivity index (χ2v) is 7.57. The van der Waals surface area contributed by atoms with Crippen LogP contribution < -0.4 is 25.5 Å². The molecule has 0 spiro atoms. The molecule has 1 fully saturated rings. The lowest BCUT2D eigenvalue weighted by atomic mass is 9.99. The van der Waals surface area contributed by atoms with E-state index in [-0.39, 0.29) is 35.2 Å². The average molecular weight is 389 g/mol. The minimum atomic E-state index is -1.61. The zero-order valence-electron chi connectivity index (χ0n) is 15.5. The fourth-order valence-electron chi connectivity index (χ4n) is 3.78. The third kappa shape index (κ3) is 2.62. The lowest BCUT2D eigenvalue weighted by Gasteiger charge is -2.31. The first-order valence-corrected chi connectivity index (χ1v) is 8.77. The highest BCUT2D eigenvalue weighted by Crippen LogP contribution is 2.44. The summed E-state index contributed by atoms with van der Waals surface area (Å²) in [5, 5.41) is 8.88. The molecule has 4 rings (SSSR count). The van der Waals surface area contributed by atoms with Gasteiger partial charge < -0.3 is 29.8 Å². The molecule has 148 valence electrons. The van der Waals surface area contributed by atoms with Gasteiger partial charge in [-0.3, -0.25) is 4.79 Å². The monoisotopic (exact) mass is 389 g/mol. The summed E-state index contributed by atoms with van der Waals surface area (Å²) in [6, 6.07) is 0.885. The summed E-state index contributed by atoms with van der Waals surface area (Å²) < 4.78 is 27.3. The molecule has 1 saturated heterocycles. The van der Waals surface area contributed by atoms with Crippen molar-refractivity contribution in [1.82, 2.24) is 4.57 Å². The second kappa shape index (κ2) is 5.96. The van der Waals surface area contributed by atoms with Crippen LogP contribution in [-0.2, 0) is 0 Å². The fourth-order valence-corrected chi connectivity index (χ4v) is 3.78. The summed E-state index contributed by atoms with van der Waals surface area (Å²) in [6.07, 6.45) is -0.285. The van der Waals surface area contributed by atoms with Gasteiger partial charge in [-0.15, -0.1) is 0 Å². The van der Waals surface area contributed by atoms with Gasteiger partial charge in [0.05, 0.1) is 28.7 Å². The van der Waals surface area contributed by atoms with Gasteiger partial charge in [-0.05, 0) is 25.5 Å². The van der Waals surface area contributed by atoms with E-state index in [2.05, 4.69) is 11.3 Å². The molecule has 1 aromatic heterocycles. The van der Waals surface area contributed by atoms with Crippen LogP contribution in [0.3, 0.4) is 0 Å². The Morgan fingerprint density at radius 3 is 2.86 bits per heavy atom. The molecule has 0 amide bonds. The minimum absolute atomic E-state index is 0.00455. The van der Waals surface area contributed by atoms with E-state index in [4.69, 9.17) is 15.6 Å². The molecule has 3 N–H and O–H groups in total. The van der Waals surface area contributed by atoms with E-state index in [9.17, 15) is 9.59 Å². The topological polar surface area (TPSA) is 107 Å². The number of anilines is 1. The number of benzene rings is 1. The van der Waals surface area contributed by atoms with Gasteiger partial charge in [0.15, 0.2) is 17.3 Å². The number of nitrogens with zero attached hydrogens (tertiary/aromatic N) is 2. The Morgan fingerprint density at radius 1 is 1.54 bits per heavy atom. The van der Waals surface area contributed by atoms with Gasteiger partial charge in [-0.2, -0.15) is 0 Å². The molecule has 2 aromatic rings. The molecule has 0 radical (unpaired) electrons. The van der Waals surface area contributed by atoms with Crippen LogP contribution in [-0.4, -0.2) is 41.1 Å². The Morgan fingerprint density at radius 2 is 2.25 bits per heavy atom. The second-order valence-electron chi connectivity index (χ2n) is 7.57. The number of carboxylic acid groups (broad SMARTS) is 1. The Hall–Kier alpha value is -3.07. The number of aromatic nitrogens is 1. The van der Waals surface area contributed by atoms with Gasteiger partial charge in [-0.25, -0.2) is 9.18 Å². The van der Waals surface area contributed by atoms with Crippen molar-refractivity contribution in [3.05, 3.63) is 40.5 Å². The molecule has 8 nitrogen and oxygen atoms in total. The Kier molecular flexibility index (Phi) is 3.90. The van der Waals surface area contributed by atoms with Crippen molar-refractivity contribution >= 4 is 22.7 Å². The Labute approximate surface area is 159 Å². The van der Waals surface area contributed by atoms with E-state index < -0.39 is 22.9 Å². The van der Waals surface area contributed by atoms with Crippen LogP contribution in [0, 0.1) is 5.82 Å². The van der Waals surface area contributed by atoms with Gasteiger partial charge in [0.2, 0.25) is 5.43 Å². The zero-order chi connectivity index (χ0) is 20.4. The van der Waals surface area contributed by atoms with E-state index in [0.717, 1.165) is 11.6 Å². The van der Waals surface area contributed by atoms with Crippen molar-refractivity contribution in [2.24, 2.45) is 5.73 Å². The zero-order valence-corrected chi connectivity index (χ0v) is 15.5. The van der Waals surface area contributed by atoms with E-state index in [0.29, 0.717) is 18.6 Å². The molecule has 9 heteroatoms. The molecule has 0 saturated carbocycles. The van der Waals surface area contributed by atoms with E-state index >= 15 is 4.39 Å². The summed E-state index contributed by atoms with van der Waals surface area (Å²) in [5.41, 5.74) is 6.22. The quantitative estimate of drug-likeness (QED) is 0.599. The van der Waals surface area contributed by atoms with Crippen LogP contribution >= 0.6 is 0 Å². The number of ether oxygens (including phenoxy) is 2. The molecular weight excluding hydrogens is 369 g/mol. The molecule has 0 bridgehead atoms. The van der Waals surface area contributed by atoms with E-state index in [1.807, 2.05) is 13.8 Å². The number of pyridine rings is 1. The maximum Gasteiger partial charge on any atom is 0.511 e. The van der Waals surface area contributed by atoms with Crippen molar-refractivity contribution in [2.75, 3.05) is 24.6 Å². The third-order valence-electron chi connectivity index (χ3n) is 5.33. The first-order valence-electron chi connectivity index (χ1n) is 8.77. The minimum Gasteiger partial charge on any atom is -0.487 e. The number of halogens is 1. The largest absolute Gasteiger partial charge is 0.511 e. The lowest BCUT2D eigenvalue weighted by Crippen LogP contribution is -2.40. The van der Waals surface area contributed by atoms with Crippen LogP contribution in [0.25, 0.3) is 10.9 Å². The van der Waals surface area contributed by atoms with Gasteiger partial charge in [0.1, 0.15) is 12.3 Å². The van der Waals surface area contributed by atoms with Crippen LogP contribution in [0.5, 0.6) is 11.5 Å². The number of hydrogen-bond donors (Lipinski definition) is 2. The number of nitrogens with two attached hydrogens (primary N) is 1. The molecule has 1 aromatic carbocycles. The first-order chi connectivity index (χ1) is 13.1. The van der Waals surface area contributed by atoms with Gasteiger partial charge >= 0.3 is 6.16 Å². The molecule has 2 aliphatic heterocycles. The van der Waals surface area contributed by atoms with Crippen molar-refractivity contribution in [3.63, 3.8) is 0 Å². The SMILES string of the molecule is C=C1CN(c2c(F)cc3c(=O)c(OC(=O)O)cn4c3c2OC[C@@H]4C)CC1(C)N. The van der Waals surface area contributed by atoms with E-state index in [1.165, 1.54) is 6.20 Å². The predicted molar refractivity (Wildman–Crippen MR) is 101 cm³/mol. The van der Waals surface area contributed by atoms with Gasteiger partial charge in [0, 0.05) is 13.1 Å². The highest BCUT2D eigenvalue weighted by Gasteiger charge is 2.38. The van der Waals surface area contributed by atoms with Crippen molar-refractivity contribution in [3.8, 4) is 11.5 Å². The molecule has 1 unspecified atom stereocenters. The van der Waals surface area contributed by atoms with Crippen LogP contribution in [0.15, 0.2) is 29.2 Å². The number of rotatable bonds is 2. The number of hydrogen-bond acceptors (Lipinski definition) is 6. The summed E-state index contributed by atoms with van der Waals surface area (Å²) >= 11 is 0. The molecule has 3 heterocycles. The molecule has 0 aliphatic carbocycles. The Balaban J connectivity index is 1.99. The highest BCUT2D eigenvalue weighted by molar-refractivity contribution is 5.93. The normalized spacial score (nSPS) is 23.8. The average Bonchev–Trinajstić information content (AvgIpc) is 2.86. The van der Waals surface area contributed by atoms with Crippen molar-refractivity contribution < 1.29 is 23.8 Å². The summed E-state index contributed by atoms with van der Waals surface area (Å²) in [5.74, 6) is -0.799. The van der Waals surface area contributed by atoms with Crippen LogP contribution in [0.4, 0.5) is 14.9 Å². The predicted octanol–water partition coefficient (Wildman–Crippen LogP) is 2.24.